The standard InChI is InChI=1S/C14H10F2N2O/c1-7-3-2-4-9(13(7)19)14-17-11-6-8(15)5-10(16)12(11)18-14/h2-6,19H,1H3,(H,17,18). The maximum atomic E-state index is 13.6. The number of phenolic OH excluding ortho intramolecular Hbond substituents is 1. The number of phenols is 1. The van der Waals surface area contributed by atoms with Gasteiger partial charge in [-0.2, -0.15) is 0 Å². The van der Waals surface area contributed by atoms with Gasteiger partial charge in [-0.3, -0.25) is 0 Å². The summed E-state index contributed by atoms with van der Waals surface area (Å²) in [4.78, 5) is 6.88. The highest BCUT2D eigenvalue weighted by Crippen LogP contribution is 2.31. The Morgan fingerprint density at radius 1 is 1.21 bits per heavy atom. The van der Waals surface area contributed by atoms with Gasteiger partial charge in [0, 0.05) is 6.07 Å². The second-order valence-electron chi connectivity index (χ2n) is 4.34. The Morgan fingerprint density at radius 2 is 2.00 bits per heavy atom. The topological polar surface area (TPSA) is 48.9 Å². The largest absolute Gasteiger partial charge is 0.507 e. The summed E-state index contributed by atoms with van der Waals surface area (Å²) in [5.41, 5.74) is 1.45. The second-order valence-corrected chi connectivity index (χ2v) is 4.34. The van der Waals surface area contributed by atoms with E-state index < -0.39 is 11.6 Å². The number of para-hydroxylation sites is 1. The minimum atomic E-state index is -0.732. The molecule has 2 N–H and O–H groups in total. The van der Waals surface area contributed by atoms with E-state index in [1.165, 1.54) is 6.07 Å². The number of H-pyrrole nitrogens is 1. The normalized spacial score (nSPS) is 11.1. The number of hydrogen-bond donors (Lipinski definition) is 2. The van der Waals surface area contributed by atoms with Crippen LogP contribution < -0.4 is 0 Å². The summed E-state index contributed by atoms with van der Waals surface area (Å²) in [5.74, 6) is -1.03. The Hall–Kier alpha value is -2.43. The number of aromatic nitrogens is 2. The molecule has 1 aromatic heterocycles. The van der Waals surface area contributed by atoms with E-state index in [0.29, 0.717) is 17.0 Å². The Kier molecular flexibility index (Phi) is 2.48. The van der Waals surface area contributed by atoms with Crippen molar-refractivity contribution in [1.29, 1.82) is 0 Å². The van der Waals surface area contributed by atoms with Crippen molar-refractivity contribution in [2.75, 3.05) is 0 Å². The third kappa shape index (κ3) is 1.83. The van der Waals surface area contributed by atoms with Gasteiger partial charge in [-0.25, -0.2) is 13.8 Å². The zero-order valence-electron chi connectivity index (χ0n) is 10.0. The highest BCUT2D eigenvalue weighted by Gasteiger charge is 2.14. The molecule has 3 nitrogen and oxygen atoms in total. The summed E-state index contributed by atoms with van der Waals surface area (Å²) in [6, 6.07) is 7.12. The highest BCUT2D eigenvalue weighted by molar-refractivity contribution is 5.81. The van der Waals surface area contributed by atoms with Gasteiger partial charge in [-0.1, -0.05) is 12.1 Å². The summed E-state index contributed by atoms with van der Waals surface area (Å²) in [6.45, 7) is 1.75. The van der Waals surface area contributed by atoms with Gasteiger partial charge in [0.1, 0.15) is 22.9 Å². The van der Waals surface area contributed by atoms with E-state index in [1.807, 2.05) is 0 Å². The first-order chi connectivity index (χ1) is 9.06. The molecular weight excluding hydrogens is 250 g/mol. The lowest BCUT2D eigenvalue weighted by Crippen LogP contribution is -1.84. The number of halogens is 2. The second kappa shape index (κ2) is 4.05. The average Bonchev–Trinajstić information content (AvgIpc) is 2.76. The van der Waals surface area contributed by atoms with Crippen LogP contribution >= 0.6 is 0 Å². The third-order valence-corrected chi connectivity index (χ3v) is 3.00. The molecule has 0 atom stereocenters. The van der Waals surface area contributed by atoms with Gasteiger partial charge in [0.05, 0.1) is 11.1 Å². The molecule has 2 aromatic carbocycles. The molecule has 0 aliphatic carbocycles. The van der Waals surface area contributed by atoms with Crippen LogP contribution in [0.1, 0.15) is 5.56 Å². The van der Waals surface area contributed by atoms with Crippen molar-refractivity contribution in [3.8, 4) is 17.1 Å². The zero-order valence-corrected chi connectivity index (χ0v) is 10.0. The molecule has 5 heteroatoms. The molecule has 0 fully saturated rings. The minimum Gasteiger partial charge on any atom is -0.507 e. The Balaban J connectivity index is 2.26. The first kappa shape index (κ1) is 11.6. The van der Waals surface area contributed by atoms with E-state index in [1.54, 1.807) is 25.1 Å². The van der Waals surface area contributed by atoms with Crippen LogP contribution in [0.3, 0.4) is 0 Å². The molecule has 19 heavy (non-hydrogen) atoms. The van der Waals surface area contributed by atoms with Crippen LogP contribution in [-0.2, 0) is 0 Å². The number of nitrogens with zero attached hydrogens (tertiary/aromatic N) is 1. The van der Waals surface area contributed by atoms with Crippen molar-refractivity contribution >= 4 is 11.0 Å². The highest BCUT2D eigenvalue weighted by atomic mass is 19.1. The molecule has 0 saturated heterocycles. The number of fused-ring (bicyclic) bond motifs is 1. The van der Waals surface area contributed by atoms with E-state index in [9.17, 15) is 13.9 Å². The van der Waals surface area contributed by atoms with Crippen molar-refractivity contribution in [3.63, 3.8) is 0 Å². The van der Waals surface area contributed by atoms with Crippen LogP contribution in [0.5, 0.6) is 5.75 Å². The van der Waals surface area contributed by atoms with Crippen molar-refractivity contribution in [1.82, 2.24) is 9.97 Å². The van der Waals surface area contributed by atoms with Crippen molar-refractivity contribution < 1.29 is 13.9 Å². The molecule has 0 amide bonds. The first-order valence-electron chi connectivity index (χ1n) is 5.70. The summed E-state index contributed by atoms with van der Waals surface area (Å²) in [7, 11) is 0. The number of rotatable bonds is 1. The van der Waals surface area contributed by atoms with Gasteiger partial charge in [0.2, 0.25) is 0 Å². The number of nitrogens with one attached hydrogen (secondary N) is 1. The predicted octanol–water partition coefficient (Wildman–Crippen LogP) is 3.52. The number of aromatic amines is 1. The number of benzene rings is 2. The molecule has 96 valence electrons. The van der Waals surface area contributed by atoms with Crippen molar-refractivity contribution in [2.24, 2.45) is 0 Å². The van der Waals surface area contributed by atoms with Gasteiger partial charge in [-0.05, 0) is 24.6 Å². The summed E-state index contributed by atoms with van der Waals surface area (Å²) < 4.78 is 26.7. The number of aromatic hydroxyl groups is 1. The summed E-state index contributed by atoms with van der Waals surface area (Å²) in [5, 5.41) is 9.97. The van der Waals surface area contributed by atoms with Gasteiger partial charge in [0.15, 0.2) is 5.82 Å². The fourth-order valence-electron chi connectivity index (χ4n) is 2.02. The Bertz CT molecular complexity index is 780. The fourth-order valence-corrected chi connectivity index (χ4v) is 2.02. The van der Waals surface area contributed by atoms with Crippen LogP contribution in [-0.4, -0.2) is 15.1 Å². The minimum absolute atomic E-state index is 0.0531. The van der Waals surface area contributed by atoms with E-state index in [4.69, 9.17) is 0 Å². The van der Waals surface area contributed by atoms with E-state index in [0.717, 1.165) is 6.07 Å². The monoisotopic (exact) mass is 260 g/mol. The first-order valence-corrected chi connectivity index (χ1v) is 5.70. The average molecular weight is 260 g/mol. The Labute approximate surface area is 107 Å². The number of hydrogen-bond acceptors (Lipinski definition) is 2. The van der Waals surface area contributed by atoms with Gasteiger partial charge in [0.25, 0.3) is 0 Å². The molecule has 0 radical (unpaired) electrons. The molecule has 0 spiro atoms. The molecule has 3 aromatic rings. The van der Waals surface area contributed by atoms with Gasteiger partial charge < -0.3 is 10.1 Å². The van der Waals surface area contributed by atoms with Gasteiger partial charge in [-0.15, -0.1) is 0 Å². The lowest BCUT2D eigenvalue weighted by atomic mass is 10.1. The molecule has 0 unspecified atom stereocenters. The van der Waals surface area contributed by atoms with Crippen molar-refractivity contribution in [3.05, 3.63) is 47.5 Å². The molecular formula is C14H10F2N2O. The molecule has 0 aliphatic heterocycles. The third-order valence-electron chi connectivity index (χ3n) is 3.00. The van der Waals surface area contributed by atoms with Crippen molar-refractivity contribution in [2.45, 2.75) is 6.92 Å². The number of aryl methyl sites for hydroxylation is 1. The lowest BCUT2D eigenvalue weighted by molar-refractivity contribution is 0.473. The van der Waals surface area contributed by atoms with Crippen LogP contribution in [0.4, 0.5) is 8.78 Å². The maximum absolute atomic E-state index is 13.6. The van der Waals surface area contributed by atoms with Crippen LogP contribution in [0, 0.1) is 18.6 Å². The fraction of sp³-hybridized carbons (Fsp3) is 0.0714. The van der Waals surface area contributed by atoms with E-state index in [-0.39, 0.29) is 16.8 Å². The zero-order chi connectivity index (χ0) is 13.6. The van der Waals surface area contributed by atoms with Crippen LogP contribution in [0.2, 0.25) is 0 Å². The molecule has 0 saturated carbocycles. The molecule has 3 rings (SSSR count). The smallest absolute Gasteiger partial charge is 0.153 e. The summed E-state index contributed by atoms with van der Waals surface area (Å²) in [6.07, 6.45) is 0. The Morgan fingerprint density at radius 3 is 2.79 bits per heavy atom. The lowest BCUT2D eigenvalue weighted by Gasteiger charge is -2.03. The number of imidazole rings is 1. The van der Waals surface area contributed by atoms with E-state index >= 15 is 0 Å². The van der Waals surface area contributed by atoms with Crippen LogP contribution in [0.15, 0.2) is 30.3 Å². The quantitative estimate of drug-likeness (QED) is 0.703. The van der Waals surface area contributed by atoms with E-state index in [2.05, 4.69) is 9.97 Å². The molecule has 0 bridgehead atoms. The maximum Gasteiger partial charge on any atom is 0.153 e. The molecule has 1 heterocycles. The summed E-state index contributed by atoms with van der Waals surface area (Å²) >= 11 is 0. The molecule has 0 aliphatic rings. The SMILES string of the molecule is Cc1cccc(-c2nc3c(F)cc(F)cc3[nH]2)c1O. The predicted molar refractivity (Wildman–Crippen MR) is 67.8 cm³/mol. The van der Waals surface area contributed by atoms with Crippen LogP contribution in [0.25, 0.3) is 22.4 Å². The van der Waals surface area contributed by atoms with Gasteiger partial charge >= 0.3 is 0 Å².